The van der Waals surface area contributed by atoms with Crippen molar-refractivity contribution in [1.29, 1.82) is 0 Å². The number of halogens is 2. The second-order valence-corrected chi connectivity index (χ2v) is 6.57. The maximum absolute atomic E-state index is 13.7. The van der Waals surface area contributed by atoms with E-state index in [4.69, 9.17) is 16.3 Å². The zero-order chi connectivity index (χ0) is 18.5. The molecule has 2 aromatic carbocycles. The van der Waals surface area contributed by atoms with E-state index < -0.39 is 5.82 Å². The molecule has 138 valence electrons. The Morgan fingerprint density at radius 3 is 2.69 bits per heavy atom. The lowest BCUT2D eigenvalue weighted by atomic mass is 10.2. The van der Waals surface area contributed by atoms with Crippen molar-refractivity contribution in [3.63, 3.8) is 0 Å². The van der Waals surface area contributed by atoms with Crippen LogP contribution in [-0.4, -0.2) is 50.6 Å². The summed E-state index contributed by atoms with van der Waals surface area (Å²) in [5.41, 5.74) is 1.21. The highest BCUT2D eigenvalue weighted by Crippen LogP contribution is 2.22. The van der Waals surface area contributed by atoms with Gasteiger partial charge >= 0.3 is 0 Å². The van der Waals surface area contributed by atoms with Crippen molar-refractivity contribution in [2.24, 2.45) is 0 Å². The Bertz CT molecular complexity index is 779. The Labute approximate surface area is 157 Å². The summed E-state index contributed by atoms with van der Waals surface area (Å²) < 4.78 is 19.0. The van der Waals surface area contributed by atoms with Crippen LogP contribution in [0.4, 0.5) is 15.8 Å². The predicted molar refractivity (Wildman–Crippen MR) is 102 cm³/mol. The van der Waals surface area contributed by atoms with Crippen LogP contribution in [0.3, 0.4) is 0 Å². The second kappa shape index (κ2) is 8.38. The number of rotatable bonds is 5. The van der Waals surface area contributed by atoms with Gasteiger partial charge in [-0.2, -0.15) is 0 Å². The smallest absolute Gasteiger partial charge is 0.238 e. The van der Waals surface area contributed by atoms with Crippen molar-refractivity contribution >= 4 is 28.9 Å². The van der Waals surface area contributed by atoms with E-state index in [2.05, 4.69) is 15.1 Å². The number of anilines is 2. The maximum atomic E-state index is 13.7. The van der Waals surface area contributed by atoms with Crippen molar-refractivity contribution in [2.75, 3.05) is 50.1 Å². The van der Waals surface area contributed by atoms with Crippen LogP contribution in [0.25, 0.3) is 0 Å². The third-order valence-electron chi connectivity index (χ3n) is 4.36. The summed E-state index contributed by atoms with van der Waals surface area (Å²) in [4.78, 5) is 16.5. The van der Waals surface area contributed by atoms with Gasteiger partial charge < -0.3 is 15.0 Å². The number of carbonyl (C=O) groups is 1. The number of methoxy groups -OCH3 is 1. The van der Waals surface area contributed by atoms with Crippen LogP contribution < -0.4 is 15.0 Å². The van der Waals surface area contributed by atoms with Gasteiger partial charge in [-0.15, -0.1) is 0 Å². The first-order valence-corrected chi connectivity index (χ1v) is 8.79. The van der Waals surface area contributed by atoms with Gasteiger partial charge in [-0.25, -0.2) is 4.39 Å². The van der Waals surface area contributed by atoms with Gasteiger partial charge in [0.25, 0.3) is 0 Å². The SMILES string of the molecule is COc1cccc(N2CCN(CC(=O)Nc3cc(Cl)ccc3F)CC2)c1. The van der Waals surface area contributed by atoms with Crippen LogP contribution in [0, 0.1) is 5.82 Å². The molecule has 1 heterocycles. The fourth-order valence-electron chi connectivity index (χ4n) is 2.96. The first-order valence-electron chi connectivity index (χ1n) is 8.41. The molecule has 26 heavy (non-hydrogen) atoms. The minimum Gasteiger partial charge on any atom is -0.497 e. The number of hydrogen-bond donors (Lipinski definition) is 1. The maximum Gasteiger partial charge on any atom is 0.238 e. The fourth-order valence-corrected chi connectivity index (χ4v) is 3.13. The predicted octanol–water partition coefficient (Wildman–Crippen LogP) is 3.25. The average molecular weight is 378 g/mol. The van der Waals surface area contributed by atoms with Crippen LogP contribution in [0.5, 0.6) is 5.75 Å². The number of ether oxygens (including phenoxy) is 1. The minimum absolute atomic E-state index is 0.109. The number of nitrogens with one attached hydrogen (secondary N) is 1. The summed E-state index contributed by atoms with van der Waals surface area (Å²) >= 11 is 5.85. The molecular weight excluding hydrogens is 357 g/mol. The van der Waals surface area contributed by atoms with Crippen molar-refractivity contribution < 1.29 is 13.9 Å². The molecule has 5 nitrogen and oxygen atoms in total. The summed E-state index contributed by atoms with van der Waals surface area (Å²) in [6, 6.07) is 12.0. The molecule has 0 unspecified atom stereocenters. The van der Waals surface area contributed by atoms with Gasteiger partial charge in [-0.3, -0.25) is 9.69 Å². The monoisotopic (exact) mass is 377 g/mol. The van der Waals surface area contributed by atoms with Gasteiger partial charge in [-0.05, 0) is 30.3 Å². The molecule has 7 heteroatoms. The van der Waals surface area contributed by atoms with Gasteiger partial charge in [0.05, 0.1) is 19.3 Å². The lowest BCUT2D eigenvalue weighted by Crippen LogP contribution is -2.48. The van der Waals surface area contributed by atoms with Crippen LogP contribution >= 0.6 is 11.6 Å². The van der Waals surface area contributed by atoms with Gasteiger partial charge in [0.1, 0.15) is 11.6 Å². The molecule has 0 aliphatic carbocycles. The molecule has 0 saturated carbocycles. The third-order valence-corrected chi connectivity index (χ3v) is 4.60. The summed E-state index contributed by atoms with van der Waals surface area (Å²) in [5.74, 6) is 0.0828. The molecule has 1 N–H and O–H groups in total. The molecule has 0 aromatic heterocycles. The van der Waals surface area contributed by atoms with E-state index in [0.29, 0.717) is 5.02 Å². The molecule has 0 spiro atoms. The molecule has 0 radical (unpaired) electrons. The van der Waals surface area contributed by atoms with Crippen LogP contribution in [0.15, 0.2) is 42.5 Å². The third kappa shape index (κ3) is 4.65. The Morgan fingerprint density at radius 2 is 1.96 bits per heavy atom. The number of carbonyl (C=O) groups excluding carboxylic acids is 1. The fraction of sp³-hybridized carbons (Fsp3) is 0.316. The zero-order valence-electron chi connectivity index (χ0n) is 14.5. The van der Waals surface area contributed by atoms with Crippen LogP contribution in [-0.2, 0) is 4.79 Å². The summed E-state index contributed by atoms with van der Waals surface area (Å²) in [6.45, 7) is 3.35. The van der Waals surface area contributed by atoms with E-state index in [1.54, 1.807) is 7.11 Å². The van der Waals surface area contributed by atoms with Gasteiger partial charge in [0.15, 0.2) is 0 Å². The highest BCUT2D eigenvalue weighted by atomic mass is 35.5. The summed E-state index contributed by atoms with van der Waals surface area (Å²) in [5, 5.41) is 2.97. The molecule has 1 saturated heterocycles. The molecule has 3 rings (SSSR count). The number of nitrogens with zero attached hydrogens (tertiary/aromatic N) is 2. The average Bonchev–Trinajstić information content (AvgIpc) is 2.65. The Hall–Kier alpha value is -2.31. The summed E-state index contributed by atoms with van der Waals surface area (Å²) in [6.07, 6.45) is 0. The molecule has 0 atom stereocenters. The topological polar surface area (TPSA) is 44.8 Å². The molecule has 1 amide bonds. The largest absolute Gasteiger partial charge is 0.497 e. The minimum atomic E-state index is -0.495. The van der Waals surface area contributed by atoms with E-state index in [9.17, 15) is 9.18 Å². The van der Waals surface area contributed by atoms with Crippen molar-refractivity contribution in [3.05, 3.63) is 53.3 Å². The van der Waals surface area contributed by atoms with Gasteiger partial charge in [-0.1, -0.05) is 17.7 Å². The highest BCUT2D eigenvalue weighted by Gasteiger charge is 2.20. The lowest BCUT2D eigenvalue weighted by molar-refractivity contribution is -0.117. The van der Waals surface area contributed by atoms with Crippen molar-refractivity contribution in [2.45, 2.75) is 0 Å². The number of amides is 1. The quantitative estimate of drug-likeness (QED) is 0.868. The molecule has 0 bridgehead atoms. The Balaban J connectivity index is 1.52. The van der Waals surface area contributed by atoms with E-state index in [1.165, 1.54) is 18.2 Å². The van der Waals surface area contributed by atoms with Crippen LogP contribution in [0.2, 0.25) is 5.02 Å². The second-order valence-electron chi connectivity index (χ2n) is 6.14. The van der Waals surface area contributed by atoms with E-state index in [-0.39, 0.29) is 18.1 Å². The van der Waals surface area contributed by atoms with Crippen molar-refractivity contribution in [1.82, 2.24) is 4.90 Å². The first-order chi connectivity index (χ1) is 12.5. The number of benzene rings is 2. The van der Waals surface area contributed by atoms with Gasteiger partial charge in [0, 0.05) is 43.0 Å². The molecular formula is C19H21ClFN3O2. The normalized spacial score (nSPS) is 15.0. The molecule has 1 aliphatic heterocycles. The molecule has 1 fully saturated rings. The zero-order valence-corrected chi connectivity index (χ0v) is 15.3. The lowest BCUT2D eigenvalue weighted by Gasteiger charge is -2.35. The van der Waals surface area contributed by atoms with Crippen LogP contribution in [0.1, 0.15) is 0 Å². The van der Waals surface area contributed by atoms with Crippen molar-refractivity contribution in [3.8, 4) is 5.75 Å². The standard InChI is InChI=1S/C19H21ClFN3O2/c1-26-16-4-2-3-15(12-16)24-9-7-23(8-10-24)13-19(25)22-18-11-14(20)5-6-17(18)21/h2-6,11-12H,7-10,13H2,1H3,(H,22,25). The van der Waals surface area contributed by atoms with E-state index in [0.717, 1.165) is 37.6 Å². The van der Waals surface area contributed by atoms with E-state index >= 15 is 0 Å². The highest BCUT2D eigenvalue weighted by molar-refractivity contribution is 6.30. The number of piperazine rings is 1. The Kier molecular flexibility index (Phi) is 5.96. The molecule has 2 aromatic rings. The first kappa shape index (κ1) is 18.5. The Morgan fingerprint density at radius 1 is 1.19 bits per heavy atom. The molecule has 1 aliphatic rings. The summed E-state index contributed by atoms with van der Waals surface area (Å²) in [7, 11) is 1.65. The number of hydrogen-bond acceptors (Lipinski definition) is 4. The van der Waals surface area contributed by atoms with E-state index in [1.807, 2.05) is 24.3 Å². The van der Waals surface area contributed by atoms with Gasteiger partial charge in [0.2, 0.25) is 5.91 Å².